The molecule has 1 heterocycles. The lowest BCUT2D eigenvalue weighted by atomic mass is 9.73. The second kappa shape index (κ2) is 5.81. The van der Waals surface area contributed by atoms with Gasteiger partial charge in [0, 0.05) is 21.8 Å². The molecule has 20 heavy (non-hydrogen) atoms. The van der Waals surface area contributed by atoms with Gasteiger partial charge in [-0.2, -0.15) is 0 Å². The van der Waals surface area contributed by atoms with Crippen molar-refractivity contribution < 1.29 is 0 Å². The molecular formula is C18H29NS. The van der Waals surface area contributed by atoms with Gasteiger partial charge >= 0.3 is 0 Å². The van der Waals surface area contributed by atoms with Gasteiger partial charge in [0.2, 0.25) is 0 Å². The van der Waals surface area contributed by atoms with Gasteiger partial charge in [-0.25, -0.2) is 0 Å². The lowest BCUT2D eigenvalue weighted by Gasteiger charge is -2.40. The van der Waals surface area contributed by atoms with Gasteiger partial charge in [-0.05, 0) is 62.5 Å². The highest BCUT2D eigenvalue weighted by molar-refractivity contribution is 7.12. The molecule has 2 heteroatoms. The van der Waals surface area contributed by atoms with E-state index in [0.717, 1.165) is 0 Å². The molecule has 0 bridgehead atoms. The van der Waals surface area contributed by atoms with E-state index in [1.807, 2.05) is 0 Å². The zero-order valence-electron chi connectivity index (χ0n) is 13.3. The predicted molar refractivity (Wildman–Crippen MR) is 88.5 cm³/mol. The molecule has 1 saturated carbocycles. The van der Waals surface area contributed by atoms with E-state index >= 15 is 0 Å². The van der Waals surface area contributed by atoms with Crippen LogP contribution in [0.4, 0.5) is 0 Å². The van der Waals surface area contributed by atoms with Crippen molar-refractivity contribution in [3.8, 4) is 0 Å². The Morgan fingerprint density at radius 3 is 2.75 bits per heavy atom. The average Bonchev–Trinajstić information content (AvgIpc) is 2.85. The first-order valence-electron chi connectivity index (χ1n) is 8.44. The highest BCUT2D eigenvalue weighted by Crippen LogP contribution is 2.38. The van der Waals surface area contributed by atoms with Crippen LogP contribution in [0.1, 0.15) is 80.7 Å². The summed E-state index contributed by atoms with van der Waals surface area (Å²) in [5.41, 5.74) is 2.11. The highest BCUT2D eigenvalue weighted by Gasteiger charge is 2.33. The number of hydrogen-bond acceptors (Lipinski definition) is 2. The molecule has 0 spiro atoms. The van der Waals surface area contributed by atoms with E-state index in [2.05, 4.69) is 43.5 Å². The largest absolute Gasteiger partial charge is 0.306 e. The minimum atomic E-state index is 0.462. The highest BCUT2D eigenvalue weighted by atomic mass is 32.1. The molecule has 112 valence electrons. The van der Waals surface area contributed by atoms with Crippen molar-refractivity contribution >= 4 is 11.3 Å². The summed E-state index contributed by atoms with van der Waals surface area (Å²) in [7, 11) is 0. The van der Waals surface area contributed by atoms with E-state index in [1.54, 1.807) is 15.3 Å². The fraction of sp³-hybridized carbons (Fsp3) is 0.778. The molecule has 0 saturated heterocycles. The number of fused-ring (bicyclic) bond motifs is 1. The summed E-state index contributed by atoms with van der Waals surface area (Å²) in [4.78, 5) is 3.24. The van der Waals surface area contributed by atoms with E-state index in [-0.39, 0.29) is 0 Å². The first-order valence-corrected chi connectivity index (χ1v) is 9.25. The Labute approximate surface area is 128 Å². The Morgan fingerprint density at radius 2 is 2.00 bits per heavy atom. The topological polar surface area (TPSA) is 12.0 Å². The standard InChI is InChI=1S/C18H29NS/c1-13(19-17-10-6-7-11-18(17,2)3)16-12-14-8-4-5-9-15(14)20-16/h12-13,17,19H,4-11H2,1-3H3. The molecule has 2 aliphatic carbocycles. The van der Waals surface area contributed by atoms with Crippen LogP contribution in [0.25, 0.3) is 0 Å². The molecule has 1 N–H and O–H groups in total. The summed E-state index contributed by atoms with van der Waals surface area (Å²) in [5, 5.41) is 3.94. The van der Waals surface area contributed by atoms with Crippen molar-refractivity contribution in [2.24, 2.45) is 5.41 Å². The van der Waals surface area contributed by atoms with Crippen LogP contribution >= 0.6 is 11.3 Å². The van der Waals surface area contributed by atoms with Crippen molar-refractivity contribution in [3.63, 3.8) is 0 Å². The molecule has 1 nitrogen and oxygen atoms in total. The number of thiophene rings is 1. The Morgan fingerprint density at radius 1 is 1.20 bits per heavy atom. The molecule has 2 unspecified atom stereocenters. The van der Waals surface area contributed by atoms with Gasteiger partial charge in [-0.1, -0.05) is 26.7 Å². The zero-order chi connectivity index (χ0) is 14.2. The maximum Gasteiger partial charge on any atom is 0.0388 e. The van der Waals surface area contributed by atoms with E-state index in [1.165, 1.54) is 51.4 Å². The van der Waals surface area contributed by atoms with Crippen LogP contribution in [0.3, 0.4) is 0 Å². The van der Waals surface area contributed by atoms with Crippen LogP contribution in [-0.4, -0.2) is 6.04 Å². The molecule has 1 fully saturated rings. The zero-order valence-corrected chi connectivity index (χ0v) is 14.1. The summed E-state index contributed by atoms with van der Waals surface area (Å²) < 4.78 is 0. The second-order valence-corrected chi connectivity index (χ2v) is 8.65. The maximum absolute atomic E-state index is 3.94. The third-order valence-corrected chi connectivity index (χ3v) is 6.82. The Bertz CT molecular complexity index is 436. The first-order chi connectivity index (χ1) is 9.56. The fourth-order valence-electron chi connectivity index (χ4n) is 3.91. The normalized spacial score (nSPS) is 27.1. The van der Waals surface area contributed by atoms with E-state index < -0.39 is 0 Å². The second-order valence-electron chi connectivity index (χ2n) is 7.48. The molecule has 1 aromatic rings. The van der Waals surface area contributed by atoms with E-state index in [4.69, 9.17) is 0 Å². The summed E-state index contributed by atoms with van der Waals surface area (Å²) in [6, 6.07) is 3.70. The molecule has 1 aromatic heterocycles. The summed E-state index contributed by atoms with van der Waals surface area (Å²) in [5.74, 6) is 0. The Hall–Kier alpha value is -0.340. The minimum Gasteiger partial charge on any atom is -0.306 e. The van der Waals surface area contributed by atoms with Crippen molar-refractivity contribution in [1.29, 1.82) is 0 Å². The summed E-state index contributed by atoms with van der Waals surface area (Å²) >= 11 is 2.07. The van der Waals surface area contributed by atoms with Gasteiger partial charge in [0.15, 0.2) is 0 Å². The Balaban J connectivity index is 1.69. The van der Waals surface area contributed by atoms with Gasteiger partial charge in [0.25, 0.3) is 0 Å². The first kappa shape index (κ1) is 14.6. The van der Waals surface area contributed by atoms with Crippen LogP contribution in [0.15, 0.2) is 6.07 Å². The lowest BCUT2D eigenvalue weighted by molar-refractivity contribution is 0.158. The van der Waals surface area contributed by atoms with Gasteiger partial charge in [-0.3, -0.25) is 0 Å². The average molecular weight is 292 g/mol. The van der Waals surface area contributed by atoms with Crippen molar-refractivity contribution in [2.45, 2.75) is 84.2 Å². The quantitative estimate of drug-likeness (QED) is 0.802. The number of nitrogens with one attached hydrogen (secondary N) is 1. The monoisotopic (exact) mass is 291 g/mol. The summed E-state index contributed by atoms with van der Waals surface area (Å²) in [6.45, 7) is 7.24. The molecule has 0 amide bonds. The van der Waals surface area contributed by atoms with Gasteiger partial charge in [0.05, 0.1) is 0 Å². The molecular weight excluding hydrogens is 262 g/mol. The maximum atomic E-state index is 3.94. The molecule has 2 aliphatic rings. The number of hydrogen-bond donors (Lipinski definition) is 1. The van der Waals surface area contributed by atoms with Crippen molar-refractivity contribution in [3.05, 3.63) is 21.4 Å². The predicted octanol–water partition coefficient (Wildman–Crippen LogP) is 5.25. The third-order valence-electron chi connectivity index (χ3n) is 5.40. The Kier molecular flexibility index (Phi) is 4.24. The van der Waals surface area contributed by atoms with Crippen LogP contribution in [0.5, 0.6) is 0 Å². The van der Waals surface area contributed by atoms with Gasteiger partial charge in [0.1, 0.15) is 0 Å². The van der Waals surface area contributed by atoms with Crippen LogP contribution < -0.4 is 5.32 Å². The molecule has 3 rings (SSSR count). The third kappa shape index (κ3) is 2.96. The number of rotatable bonds is 3. The molecule has 0 aromatic carbocycles. The smallest absolute Gasteiger partial charge is 0.0388 e. The fourth-order valence-corrected chi connectivity index (χ4v) is 5.18. The minimum absolute atomic E-state index is 0.462. The van der Waals surface area contributed by atoms with Crippen molar-refractivity contribution in [2.75, 3.05) is 0 Å². The summed E-state index contributed by atoms with van der Waals surface area (Å²) in [6.07, 6.45) is 10.9. The molecule has 0 aliphatic heterocycles. The van der Waals surface area contributed by atoms with Crippen molar-refractivity contribution in [1.82, 2.24) is 5.32 Å². The molecule has 2 atom stereocenters. The van der Waals surface area contributed by atoms with Gasteiger partial charge in [-0.15, -0.1) is 11.3 Å². The van der Waals surface area contributed by atoms with Crippen LogP contribution in [0, 0.1) is 5.41 Å². The SMILES string of the molecule is CC(NC1CCCCC1(C)C)c1cc2c(s1)CCCC2. The van der Waals surface area contributed by atoms with E-state index in [0.29, 0.717) is 17.5 Å². The molecule has 0 radical (unpaired) electrons. The van der Waals surface area contributed by atoms with Crippen LogP contribution in [0.2, 0.25) is 0 Å². The van der Waals surface area contributed by atoms with E-state index in [9.17, 15) is 0 Å². The van der Waals surface area contributed by atoms with Gasteiger partial charge < -0.3 is 5.32 Å². The lowest BCUT2D eigenvalue weighted by Crippen LogP contribution is -2.44. The number of aryl methyl sites for hydroxylation is 2. The van der Waals surface area contributed by atoms with Crippen LogP contribution in [-0.2, 0) is 12.8 Å².